The quantitative estimate of drug-likeness (QED) is 0.650. The van der Waals surface area contributed by atoms with E-state index in [0.29, 0.717) is 0 Å². The van der Waals surface area contributed by atoms with Crippen LogP contribution in [0.3, 0.4) is 0 Å². The van der Waals surface area contributed by atoms with Crippen molar-refractivity contribution in [1.82, 2.24) is 0 Å². The summed E-state index contributed by atoms with van der Waals surface area (Å²) in [6.45, 7) is 6.80. The van der Waals surface area contributed by atoms with Crippen LogP contribution in [0.1, 0.15) is 69.6 Å². The van der Waals surface area contributed by atoms with E-state index in [0.717, 1.165) is 24.3 Å². The second-order valence-corrected chi connectivity index (χ2v) is 5.33. The number of hydrogen-bond acceptors (Lipinski definition) is 2. The smallest absolute Gasteiger partial charge is 0.125 e. The van der Waals surface area contributed by atoms with Gasteiger partial charge in [-0.25, -0.2) is 0 Å². The molecular formula is C17H28O2. The number of aliphatic hydroxyl groups is 1. The molecule has 0 saturated heterocycles. The van der Waals surface area contributed by atoms with Crippen molar-refractivity contribution in [2.24, 2.45) is 0 Å². The van der Waals surface area contributed by atoms with E-state index >= 15 is 0 Å². The Morgan fingerprint density at radius 3 is 2.47 bits per heavy atom. The molecule has 0 heterocycles. The Morgan fingerprint density at radius 2 is 1.79 bits per heavy atom. The molecular weight excluding hydrogens is 236 g/mol. The van der Waals surface area contributed by atoms with Crippen molar-refractivity contribution in [2.75, 3.05) is 6.61 Å². The monoisotopic (exact) mass is 264 g/mol. The highest BCUT2D eigenvalue weighted by atomic mass is 16.5. The zero-order chi connectivity index (χ0) is 14.1. The number of unbranched alkanes of at least 4 members (excludes halogenated alkanes) is 5. The van der Waals surface area contributed by atoms with E-state index in [1.165, 1.54) is 37.7 Å². The third-order valence-electron chi connectivity index (χ3n) is 3.37. The molecule has 19 heavy (non-hydrogen) atoms. The summed E-state index contributed by atoms with van der Waals surface area (Å²) < 4.78 is 5.83. The van der Waals surface area contributed by atoms with Crippen LogP contribution < -0.4 is 4.74 Å². The fourth-order valence-corrected chi connectivity index (χ4v) is 2.18. The molecule has 1 aromatic rings. The van der Waals surface area contributed by atoms with E-state index in [1.807, 2.05) is 25.1 Å². The molecule has 2 nitrogen and oxygen atoms in total. The molecule has 0 amide bonds. The summed E-state index contributed by atoms with van der Waals surface area (Å²) in [7, 11) is 0. The molecule has 0 aliphatic rings. The minimum atomic E-state index is -0.472. The SMILES string of the molecule is CCCCCCCCOc1cc(C)ccc1[C@@H](C)O. The molecule has 0 spiro atoms. The molecule has 0 unspecified atom stereocenters. The van der Waals surface area contributed by atoms with E-state index in [1.54, 1.807) is 6.92 Å². The summed E-state index contributed by atoms with van der Waals surface area (Å²) in [6.07, 6.45) is 7.11. The van der Waals surface area contributed by atoms with Gasteiger partial charge in [-0.2, -0.15) is 0 Å². The van der Waals surface area contributed by atoms with Gasteiger partial charge < -0.3 is 9.84 Å². The lowest BCUT2D eigenvalue weighted by Crippen LogP contribution is -2.02. The van der Waals surface area contributed by atoms with Crippen LogP contribution in [0.5, 0.6) is 5.75 Å². The molecule has 1 N–H and O–H groups in total. The van der Waals surface area contributed by atoms with Crippen LogP contribution in [-0.2, 0) is 0 Å². The van der Waals surface area contributed by atoms with Gasteiger partial charge in [-0.05, 0) is 31.9 Å². The van der Waals surface area contributed by atoms with E-state index in [2.05, 4.69) is 6.92 Å². The van der Waals surface area contributed by atoms with Crippen molar-refractivity contribution in [1.29, 1.82) is 0 Å². The highest BCUT2D eigenvalue weighted by Gasteiger charge is 2.09. The third kappa shape index (κ3) is 6.11. The molecule has 0 fully saturated rings. The number of ether oxygens (including phenoxy) is 1. The first-order valence-corrected chi connectivity index (χ1v) is 7.56. The van der Waals surface area contributed by atoms with Gasteiger partial charge >= 0.3 is 0 Å². The van der Waals surface area contributed by atoms with Gasteiger partial charge in [-0.1, -0.05) is 51.2 Å². The first kappa shape index (κ1) is 16.0. The Balaban J connectivity index is 2.34. The predicted molar refractivity (Wildman–Crippen MR) is 80.7 cm³/mol. The maximum absolute atomic E-state index is 9.72. The maximum Gasteiger partial charge on any atom is 0.125 e. The summed E-state index contributed by atoms with van der Waals surface area (Å²) in [4.78, 5) is 0. The second kappa shape index (κ2) is 8.98. The average molecular weight is 264 g/mol. The molecule has 0 aliphatic heterocycles. The molecule has 1 aromatic carbocycles. The van der Waals surface area contributed by atoms with Crippen LogP contribution in [-0.4, -0.2) is 11.7 Å². The highest BCUT2D eigenvalue weighted by Crippen LogP contribution is 2.26. The van der Waals surface area contributed by atoms with Gasteiger partial charge in [-0.15, -0.1) is 0 Å². The van der Waals surface area contributed by atoms with Gasteiger partial charge in [0.25, 0.3) is 0 Å². The van der Waals surface area contributed by atoms with Crippen LogP contribution in [0, 0.1) is 6.92 Å². The van der Waals surface area contributed by atoms with Crippen molar-refractivity contribution in [3.8, 4) is 5.75 Å². The van der Waals surface area contributed by atoms with Crippen molar-refractivity contribution in [2.45, 2.75) is 65.4 Å². The van der Waals surface area contributed by atoms with Crippen LogP contribution in [0.15, 0.2) is 18.2 Å². The summed E-state index contributed by atoms with van der Waals surface area (Å²) >= 11 is 0. The number of benzene rings is 1. The van der Waals surface area contributed by atoms with Gasteiger partial charge in [-0.3, -0.25) is 0 Å². The largest absolute Gasteiger partial charge is 0.493 e. The van der Waals surface area contributed by atoms with Gasteiger partial charge in [0, 0.05) is 5.56 Å². The normalized spacial score (nSPS) is 12.4. The molecule has 0 bridgehead atoms. The summed E-state index contributed by atoms with van der Waals surface area (Å²) in [6, 6.07) is 5.98. The molecule has 0 aliphatic carbocycles. The maximum atomic E-state index is 9.72. The molecule has 1 atom stereocenters. The number of aryl methyl sites for hydroxylation is 1. The molecule has 0 aromatic heterocycles. The third-order valence-corrected chi connectivity index (χ3v) is 3.37. The van der Waals surface area contributed by atoms with E-state index in [9.17, 15) is 5.11 Å². The van der Waals surface area contributed by atoms with Crippen molar-refractivity contribution >= 4 is 0 Å². The zero-order valence-electron chi connectivity index (χ0n) is 12.6. The lowest BCUT2D eigenvalue weighted by Gasteiger charge is -2.14. The lowest BCUT2D eigenvalue weighted by molar-refractivity contribution is 0.190. The summed E-state index contributed by atoms with van der Waals surface area (Å²) in [5.74, 6) is 0.837. The predicted octanol–water partition coefficient (Wildman–Crippen LogP) is 4.79. The van der Waals surface area contributed by atoms with Crippen LogP contribution in [0.4, 0.5) is 0 Å². The second-order valence-electron chi connectivity index (χ2n) is 5.33. The summed E-state index contributed by atoms with van der Waals surface area (Å²) in [5, 5.41) is 9.72. The Bertz CT molecular complexity index is 358. The minimum Gasteiger partial charge on any atom is -0.493 e. The number of hydrogen-bond donors (Lipinski definition) is 1. The fraction of sp³-hybridized carbons (Fsp3) is 0.647. The number of rotatable bonds is 9. The molecule has 0 saturated carbocycles. The van der Waals surface area contributed by atoms with Crippen LogP contribution >= 0.6 is 0 Å². The summed E-state index contributed by atoms with van der Waals surface area (Å²) in [5.41, 5.74) is 2.05. The lowest BCUT2D eigenvalue weighted by atomic mass is 10.1. The fourth-order valence-electron chi connectivity index (χ4n) is 2.18. The molecule has 1 rings (SSSR count). The van der Waals surface area contributed by atoms with Gasteiger partial charge in [0.1, 0.15) is 5.75 Å². The standard InChI is InChI=1S/C17H28O2/c1-4-5-6-7-8-9-12-19-17-13-14(2)10-11-16(17)15(3)18/h10-11,13,15,18H,4-9,12H2,1-3H3/t15-/m1/s1. The first-order chi connectivity index (χ1) is 9.15. The Labute approximate surface area is 117 Å². The molecule has 108 valence electrons. The highest BCUT2D eigenvalue weighted by molar-refractivity contribution is 5.38. The van der Waals surface area contributed by atoms with E-state index < -0.39 is 6.10 Å². The molecule has 2 heteroatoms. The Kier molecular flexibility index (Phi) is 7.57. The van der Waals surface area contributed by atoms with Gasteiger partial charge in [0.15, 0.2) is 0 Å². The van der Waals surface area contributed by atoms with Crippen LogP contribution in [0.25, 0.3) is 0 Å². The van der Waals surface area contributed by atoms with E-state index in [4.69, 9.17) is 4.74 Å². The van der Waals surface area contributed by atoms with E-state index in [-0.39, 0.29) is 0 Å². The Hall–Kier alpha value is -1.02. The average Bonchev–Trinajstić information content (AvgIpc) is 2.37. The van der Waals surface area contributed by atoms with Gasteiger partial charge in [0.05, 0.1) is 12.7 Å². The topological polar surface area (TPSA) is 29.5 Å². The first-order valence-electron chi connectivity index (χ1n) is 7.56. The van der Waals surface area contributed by atoms with Crippen molar-refractivity contribution < 1.29 is 9.84 Å². The minimum absolute atomic E-state index is 0.472. The van der Waals surface area contributed by atoms with Crippen molar-refractivity contribution in [3.63, 3.8) is 0 Å². The van der Waals surface area contributed by atoms with Crippen LogP contribution in [0.2, 0.25) is 0 Å². The van der Waals surface area contributed by atoms with Gasteiger partial charge in [0.2, 0.25) is 0 Å². The number of aliphatic hydroxyl groups excluding tert-OH is 1. The Morgan fingerprint density at radius 1 is 1.11 bits per heavy atom. The molecule has 0 radical (unpaired) electrons. The zero-order valence-corrected chi connectivity index (χ0v) is 12.6. The van der Waals surface area contributed by atoms with Crippen molar-refractivity contribution in [3.05, 3.63) is 29.3 Å².